The van der Waals surface area contributed by atoms with E-state index in [4.69, 9.17) is 18.9 Å². The molecule has 2 aliphatic rings. The van der Waals surface area contributed by atoms with Gasteiger partial charge in [-0.15, -0.1) is 0 Å². The van der Waals surface area contributed by atoms with Gasteiger partial charge in [0, 0.05) is 30.6 Å². The number of nitrogens with one attached hydrogen (secondary N) is 2. The molecule has 3 atom stereocenters. The Bertz CT molecular complexity index is 2040. The predicted octanol–water partition coefficient (Wildman–Crippen LogP) is 5.27. The van der Waals surface area contributed by atoms with E-state index in [9.17, 15) is 19.5 Å². The molecule has 260 valence electrons. The van der Waals surface area contributed by atoms with E-state index in [0.29, 0.717) is 17.1 Å². The Hall–Kier alpha value is -5.98. The molecule has 1 fully saturated rings. The van der Waals surface area contributed by atoms with E-state index in [-0.39, 0.29) is 37.9 Å². The van der Waals surface area contributed by atoms with Crippen LogP contribution in [0.4, 0.5) is 10.6 Å². The highest BCUT2D eigenvalue weighted by Gasteiger charge is 2.36. The Morgan fingerprint density at radius 3 is 2.22 bits per heavy atom. The third-order valence-corrected chi connectivity index (χ3v) is 9.06. The second kappa shape index (κ2) is 14.9. The topological polar surface area (TPSA) is 150 Å². The van der Waals surface area contributed by atoms with Gasteiger partial charge < -0.3 is 34.7 Å². The zero-order chi connectivity index (χ0) is 35.3. The first-order valence-corrected chi connectivity index (χ1v) is 16.5. The molecule has 1 aliphatic heterocycles. The van der Waals surface area contributed by atoms with Crippen LogP contribution in [0.1, 0.15) is 45.6 Å². The van der Waals surface area contributed by atoms with Gasteiger partial charge in [0.1, 0.15) is 42.9 Å². The minimum atomic E-state index is -0.850. The second-order valence-corrected chi connectivity index (χ2v) is 12.3. The number of aromatic nitrogens is 2. The van der Waals surface area contributed by atoms with Crippen LogP contribution in [0.5, 0.6) is 11.5 Å². The Kier molecular flexibility index (Phi) is 9.77. The highest BCUT2D eigenvalue weighted by Crippen LogP contribution is 2.44. The van der Waals surface area contributed by atoms with Crippen molar-refractivity contribution in [2.24, 2.45) is 0 Å². The van der Waals surface area contributed by atoms with Crippen LogP contribution in [0.3, 0.4) is 0 Å². The Labute approximate surface area is 293 Å². The van der Waals surface area contributed by atoms with Crippen LogP contribution >= 0.6 is 0 Å². The van der Waals surface area contributed by atoms with Gasteiger partial charge in [-0.3, -0.25) is 9.36 Å². The summed E-state index contributed by atoms with van der Waals surface area (Å²) in [5, 5.41) is 15.9. The monoisotopic (exact) mass is 688 g/mol. The number of fused-ring (bicyclic) bond motifs is 3. The minimum Gasteiger partial charge on any atom is -0.497 e. The SMILES string of the molecule is COc1ccc(OC[C@H]2O[C@@H](n3ccc(NC(=O)c4ccc(CNC(=O)OCC5c6ccccc6-c6ccccc65)cc4)nc3=O)C[C@H]2O)cc1. The fourth-order valence-electron chi connectivity index (χ4n) is 6.37. The number of aliphatic hydroxyl groups excluding tert-OH is 1. The van der Waals surface area contributed by atoms with E-state index in [1.54, 1.807) is 55.6 Å². The molecule has 5 aromatic rings. The Morgan fingerprint density at radius 2 is 1.55 bits per heavy atom. The lowest BCUT2D eigenvalue weighted by atomic mass is 9.98. The molecule has 51 heavy (non-hydrogen) atoms. The molecule has 0 radical (unpaired) electrons. The third-order valence-electron chi connectivity index (χ3n) is 9.06. The summed E-state index contributed by atoms with van der Waals surface area (Å²) in [6.07, 6.45) is -1.14. The minimum absolute atomic E-state index is 0.0318. The maximum atomic E-state index is 12.9. The number of rotatable bonds is 11. The fraction of sp³-hybridized carbons (Fsp3) is 0.231. The molecule has 4 aromatic carbocycles. The second-order valence-electron chi connectivity index (χ2n) is 12.3. The number of anilines is 1. The van der Waals surface area contributed by atoms with Crippen LogP contribution in [-0.2, 0) is 16.0 Å². The zero-order valence-corrected chi connectivity index (χ0v) is 27.7. The molecule has 1 aromatic heterocycles. The molecule has 2 heterocycles. The summed E-state index contributed by atoms with van der Waals surface area (Å²) in [4.78, 5) is 42.3. The van der Waals surface area contributed by atoms with E-state index >= 15 is 0 Å². The first kappa shape index (κ1) is 33.5. The summed E-state index contributed by atoms with van der Waals surface area (Å²) in [6, 6.07) is 31.5. The van der Waals surface area contributed by atoms with Crippen molar-refractivity contribution in [1.82, 2.24) is 14.9 Å². The van der Waals surface area contributed by atoms with Crippen molar-refractivity contribution in [2.45, 2.75) is 37.3 Å². The van der Waals surface area contributed by atoms with Crippen molar-refractivity contribution in [2.75, 3.05) is 25.6 Å². The number of amides is 2. The lowest BCUT2D eigenvalue weighted by Gasteiger charge is -2.17. The first-order valence-electron chi connectivity index (χ1n) is 16.5. The number of alkyl carbamates (subject to hydrolysis) is 1. The maximum Gasteiger partial charge on any atom is 0.407 e. The lowest BCUT2D eigenvalue weighted by Crippen LogP contribution is -2.29. The average molecular weight is 689 g/mol. The molecular weight excluding hydrogens is 652 g/mol. The summed E-state index contributed by atoms with van der Waals surface area (Å²) in [6.45, 7) is 0.517. The Morgan fingerprint density at radius 1 is 0.882 bits per heavy atom. The van der Waals surface area contributed by atoms with Crippen LogP contribution in [0.2, 0.25) is 0 Å². The number of hydrogen-bond acceptors (Lipinski definition) is 9. The first-order chi connectivity index (χ1) is 24.9. The van der Waals surface area contributed by atoms with Crippen LogP contribution in [0.15, 0.2) is 114 Å². The highest BCUT2D eigenvalue weighted by atomic mass is 16.6. The summed E-state index contributed by atoms with van der Waals surface area (Å²) in [7, 11) is 1.58. The van der Waals surface area contributed by atoms with Gasteiger partial charge in [0.05, 0.1) is 13.2 Å². The van der Waals surface area contributed by atoms with Crippen molar-refractivity contribution in [3.63, 3.8) is 0 Å². The molecule has 7 rings (SSSR count). The summed E-state index contributed by atoms with van der Waals surface area (Å²) < 4.78 is 23.7. The van der Waals surface area contributed by atoms with Crippen LogP contribution in [0.25, 0.3) is 11.1 Å². The van der Waals surface area contributed by atoms with Crippen LogP contribution in [0, 0.1) is 0 Å². The Balaban J connectivity index is 0.879. The number of hydrogen-bond donors (Lipinski definition) is 3. The van der Waals surface area contributed by atoms with E-state index in [1.807, 2.05) is 24.3 Å². The predicted molar refractivity (Wildman–Crippen MR) is 188 cm³/mol. The summed E-state index contributed by atoms with van der Waals surface area (Å²) >= 11 is 0. The van der Waals surface area contributed by atoms with Gasteiger partial charge in [-0.2, -0.15) is 4.98 Å². The zero-order valence-electron chi connectivity index (χ0n) is 27.7. The molecule has 1 saturated heterocycles. The molecular formula is C39H36N4O8. The standard InChI is InChI=1S/C39H36N4O8/c1-48-26-14-16-27(17-15-26)49-23-34-33(44)20-36(51-34)43-19-18-35(42-38(43)46)41-37(45)25-12-10-24(11-13-25)21-40-39(47)50-22-32-30-8-4-2-6-28(30)29-7-3-5-9-31(29)32/h2-19,32-34,36,44H,20-23H2,1H3,(H,40,47)(H,41,42,45,46)/t33-,34-,36-/m1/s1. The average Bonchev–Trinajstić information content (AvgIpc) is 3.69. The molecule has 0 unspecified atom stereocenters. The lowest BCUT2D eigenvalue weighted by molar-refractivity contribution is -0.0409. The van der Waals surface area contributed by atoms with E-state index in [1.165, 1.54) is 16.8 Å². The van der Waals surface area contributed by atoms with E-state index in [0.717, 1.165) is 27.8 Å². The smallest absolute Gasteiger partial charge is 0.407 e. The fourth-order valence-corrected chi connectivity index (χ4v) is 6.37. The number of ether oxygens (including phenoxy) is 4. The van der Waals surface area contributed by atoms with Gasteiger partial charge in [-0.05, 0) is 70.3 Å². The maximum absolute atomic E-state index is 12.9. The van der Waals surface area contributed by atoms with Crippen molar-refractivity contribution >= 4 is 17.8 Å². The molecule has 0 saturated carbocycles. The van der Waals surface area contributed by atoms with Gasteiger partial charge in [-0.25, -0.2) is 9.59 Å². The molecule has 3 N–H and O–H groups in total. The largest absolute Gasteiger partial charge is 0.497 e. The molecule has 2 amide bonds. The number of methoxy groups -OCH3 is 1. The van der Waals surface area contributed by atoms with Crippen molar-refractivity contribution < 1.29 is 33.6 Å². The van der Waals surface area contributed by atoms with Crippen molar-refractivity contribution in [3.8, 4) is 22.6 Å². The van der Waals surface area contributed by atoms with Gasteiger partial charge in [-0.1, -0.05) is 60.7 Å². The number of nitrogens with zero attached hydrogens (tertiary/aromatic N) is 2. The molecule has 0 bridgehead atoms. The molecule has 12 nitrogen and oxygen atoms in total. The van der Waals surface area contributed by atoms with Crippen LogP contribution in [-0.4, -0.2) is 59.2 Å². The van der Waals surface area contributed by atoms with E-state index in [2.05, 4.69) is 39.9 Å². The van der Waals surface area contributed by atoms with Gasteiger partial charge in [0.25, 0.3) is 5.91 Å². The van der Waals surface area contributed by atoms with Crippen molar-refractivity contribution in [1.29, 1.82) is 0 Å². The quantitative estimate of drug-likeness (QED) is 0.169. The number of benzene rings is 4. The molecule has 1 aliphatic carbocycles. The third kappa shape index (κ3) is 7.47. The van der Waals surface area contributed by atoms with Gasteiger partial charge in [0.15, 0.2) is 0 Å². The molecule has 0 spiro atoms. The van der Waals surface area contributed by atoms with Gasteiger partial charge >= 0.3 is 11.8 Å². The van der Waals surface area contributed by atoms with Crippen LogP contribution < -0.4 is 25.8 Å². The summed E-state index contributed by atoms with van der Waals surface area (Å²) in [5.74, 6) is 0.866. The van der Waals surface area contributed by atoms with Gasteiger partial charge in [0.2, 0.25) is 0 Å². The van der Waals surface area contributed by atoms with E-state index < -0.39 is 36.1 Å². The highest BCUT2D eigenvalue weighted by molar-refractivity contribution is 6.03. The number of aliphatic hydroxyl groups is 1. The van der Waals surface area contributed by atoms with Crippen molar-refractivity contribution in [3.05, 3.63) is 142 Å². The number of carbonyl (C=O) groups is 2. The number of carbonyl (C=O) groups excluding carboxylic acids is 2. The summed E-state index contributed by atoms with van der Waals surface area (Å²) in [5.41, 5.74) is 5.07. The normalized spacial score (nSPS) is 17.6. The molecule has 12 heteroatoms.